The number of aromatic nitrogens is 1. The van der Waals surface area contributed by atoms with Gasteiger partial charge in [-0.15, -0.1) is 0 Å². The van der Waals surface area contributed by atoms with E-state index in [4.69, 9.17) is 16.7 Å². The second kappa shape index (κ2) is 6.92. The second-order valence-electron chi connectivity index (χ2n) is 4.57. The lowest BCUT2D eigenvalue weighted by Gasteiger charge is -2.29. The van der Waals surface area contributed by atoms with Crippen molar-refractivity contribution in [2.45, 2.75) is 19.3 Å². The predicted molar refractivity (Wildman–Crippen MR) is 74.4 cm³/mol. The Balaban J connectivity index is 2.00. The van der Waals surface area contributed by atoms with Crippen molar-refractivity contribution in [3.63, 3.8) is 0 Å². The highest BCUT2D eigenvalue weighted by Gasteiger charge is 2.14. The van der Waals surface area contributed by atoms with Crippen LogP contribution in [0.3, 0.4) is 0 Å². The van der Waals surface area contributed by atoms with Crippen LogP contribution in [0.15, 0.2) is 12.3 Å². The van der Waals surface area contributed by atoms with Gasteiger partial charge in [-0.25, -0.2) is 4.98 Å². The highest BCUT2D eigenvalue weighted by Crippen LogP contribution is 2.24. The van der Waals surface area contributed by atoms with Crippen LogP contribution < -0.4 is 10.2 Å². The van der Waals surface area contributed by atoms with Gasteiger partial charge in [-0.2, -0.15) is 0 Å². The average molecular weight is 270 g/mol. The number of rotatable bonds is 5. The van der Waals surface area contributed by atoms with Crippen molar-refractivity contribution in [1.29, 1.82) is 0 Å². The van der Waals surface area contributed by atoms with Crippen molar-refractivity contribution >= 4 is 17.4 Å². The molecule has 2 N–H and O–H groups in total. The van der Waals surface area contributed by atoms with Crippen LogP contribution in [0, 0.1) is 0 Å². The van der Waals surface area contributed by atoms with Crippen LogP contribution >= 0.6 is 11.6 Å². The number of aliphatic hydroxyl groups is 1. The van der Waals surface area contributed by atoms with Gasteiger partial charge in [0.15, 0.2) is 0 Å². The molecule has 2 heterocycles. The molecule has 18 heavy (non-hydrogen) atoms. The van der Waals surface area contributed by atoms with Crippen LogP contribution in [-0.4, -0.2) is 42.9 Å². The first-order chi connectivity index (χ1) is 8.81. The van der Waals surface area contributed by atoms with Crippen LogP contribution in [0.2, 0.25) is 5.02 Å². The van der Waals surface area contributed by atoms with E-state index in [-0.39, 0.29) is 6.61 Å². The molecule has 2 rings (SSSR count). The summed E-state index contributed by atoms with van der Waals surface area (Å²) < 4.78 is 0. The zero-order chi connectivity index (χ0) is 12.8. The fourth-order valence-corrected chi connectivity index (χ4v) is 2.47. The molecule has 1 saturated heterocycles. The molecule has 0 amide bonds. The molecule has 1 aliphatic heterocycles. The van der Waals surface area contributed by atoms with Gasteiger partial charge in [-0.1, -0.05) is 11.6 Å². The lowest BCUT2D eigenvalue weighted by atomic mass is 10.1. The molecule has 100 valence electrons. The van der Waals surface area contributed by atoms with E-state index >= 15 is 0 Å². The van der Waals surface area contributed by atoms with Crippen molar-refractivity contribution in [3.8, 4) is 0 Å². The number of halogens is 1. The van der Waals surface area contributed by atoms with E-state index in [1.165, 1.54) is 0 Å². The Morgan fingerprint density at radius 1 is 1.33 bits per heavy atom. The first-order valence-electron chi connectivity index (χ1n) is 6.52. The Morgan fingerprint density at radius 2 is 2.11 bits per heavy atom. The summed E-state index contributed by atoms with van der Waals surface area (Å²) in [5.41, 5.74) is 1.15. The van der Waals surface area contributed by atoms with Gasteiger partial charge in [-0.3, -0.25) is 0 Å². The number of nitrogens with one attached hydrogen (secondary N) is 1. The Labute approximate surface area is 113 Å². The standard InChI is InChI=1S/C13H20ClN3O/c14-12-9-11(3-1-2-8-18)10-16-13(12)17-6-4-15-5-7-17/h9-10,15,18H,1-8H2. The Kier molecular flexibility index (Phi) is 5.23. The van der Waals surface area contributed by atoms with E-state index in [2.05, 4.69) is 15.2 Å². The third-order valence-electron chi connectivity index (χ3n) is 3.17. The summed E-state index contributed by atoms with van der Waals surface area (Å²) in [6.07, 6.45) is 4.63. The predicted octanol–water partition coefficient (Wildman–Crippen LogP) is 1.46. The summed E-state index contributed by atoms with van der Waals surface area (Å²) in [5, 5.41) is 12.8. The summed E-state index contributed by atoms with van der Waals surface area (Å²) in [4.78, 5) is 6.70. The van der Waals surface area contributed by atoms with Crippen LogP contribution in [0.25, 0.3) is 0 Å². The van der Waals surface area contributed by atoms with Gasteiger partial charge in [0, 0.05) is 39.0 Å². The number of aliphatic hydroxyl groups excluding tert-OH is 1. The Morgan fingerprint density at radius 3 is 2.78 bits per heavy atom. The van der Waals surface area contributed by atoms with Gasteiger partial charge in [-0.05, 0) is 30.9 Å². The largest absolute Gasteiger partial charge is 0.396 e. The highest BCUT2D eigenvalue weighted by atomic mass is 35.5. The lowest BCUT2D eigenvalue weighted by molar-refractivity contribution is 0.284. The van der Waals surface area contributed by atoms with Gasteiger partial charge in [0.1, 0.15) is 5.82 Å². The van der Waals surface area contributed by atoms with Gasteiger partial charge in [0.25, 0.3) is 0 Å². The fourth-order valence-electron chi connectivity index (χ4n) is 2.16. The van der Waals surface area contributed by atoms with E-state index < -0.39 is 0 Å². The summed E-state index contributed by atoms with van der Waals surface area (Å²) in [7, 11) is 0. The quantitative estimate of drug-likeness (QED) is 0.795. The van der Waals surface area contributed by atoms with Crippen LogP contribution in [0.4, 0.5) is 5.82 Å². The molecule has 1 aliphatic rings. The van der Waals surface area contributed by atoms with Crippen molar-refractivity contribution in [2.75, 3.05) is 37.7 Å². The summed E-state index contributed by atoms with van der Waals surface area (Å²) in [6.45, 7) is 4.12. The van der Waals surface area contributed by atoms with E-state index in [0.29, 0.717) is 0 Å². The van der Waals surface area contributed by atoms with Crippen LogP contribution in [-0.2, 0) is 6.42 Å². The Bertz CT molecular complexity index is 380. The van der Waals surface area contributed by atoms with Crippen molar-refractivity contribution in [3.05, 3.63) is 22.8 Å². The van der Waals surface area contributed by atoms with Gasteiger partial charge in [0.05, 0.1) is 5.02 Å². The Hall–Kier alpha value is -0.840. The molecule has 1 aromatic heterocycles. The smallest absolute Gasteiger partial charge is 0.147 e. The summed E-state index contributed by atoms with van der Waals surface area (Å²) in [6, 6.07) is 2.00. The normalized spacial score (nSPS) is 16.0. The minimum Gasteiger partial charge on any atom is -0.396 e. The van der Waals surface area contributed by atoms with Crippen LogP contribution in [0.5, 0.6) is 0 Å². The van der Waals surface area contributed by atoms with Crippen molar-refractivity contribution in [1.82, 2.24) is 10.3 Å². The number of aryl methyl sites for hydroxylation is 1. The van der Waals surface area contributed by atoms with Crippen LogP contribution in [0.1, 0.15) is 18.4 Å². The topological polar surface area (TPSA) is 48.4 Å². The third kappa shape index (κ3) is 3.57. The number of anilines is 1. The van der Waals surface area contributed by atoms with Gasteiger partial charge in [0.2, 0.25) is 0 Å². The van der Waals surface area contributed by atoms with Crippen molar-refractivity contribution in [2.24, 2.45) is 0 Å². The number of hydrogen-bond donors (Lipinski definition) is 2. The van der Waals surface area contributed by atoms with Gasteiger partial charge >= 0.3 is 0 Å². The molecule has 1 aromatic rings. The molecule has 0 aliphatic carbocycles. The molecule has 0 unspecified atom stereocenters. The maximum absolute atomic E-state index is 8.76. The molecular formula is C13H20ClN3O. The van der Waals surface area contributed by atoms with Gasteiger partial charge < -0.3 is 15.3 Å². The lowest BCUT2D eigenvalue weighted by Crippen LogP contribution is -2.44. The highest BCUT2D eigenvalue weighted by molar-refractivity contribution is 6.33. The fraction of sp³-hybridized carbons (Fsp3) is 0.615. The molecule has 4 nitrogen and oxygen atoms in total. The molecular weight excluding hydrogens is 250 g/mol. The van der Waals surface area contributed by atoms with E-state index in [1.54, 1.807) is 0 Å². The number of hydrogen-bond acceptors (Lipinski definition) is 4. The average Bonchev–Trinajstić information content (AvgIpc) is 2.40. The molecule has 0 radical (unpaired) electrons. The van der Waals surface area contributed by atoms with E-state index in [9.17, 15) is 0 Å². The molecule has 1 fully saturated rings. The minimum atomic E-state index is 0.250. The zero-order valence-corrected chi connectivity index (χ0v) is 11.3. The number of pyridine rings is 1. The molecule has 0 saturated carbocycles. The maximum atomic E-state index is 8.76. The first-order valence-corrected chi connectivity index (χ1v) is 6.90. The summed E-state index contributed by atoms with van der Waals surface area (Å²) >= 11 is 6.30. The monoisotopic (exact) mass is 269 g/mol. The molecule has 0 aromatic carbocycles. The maximum Gasteiger partial charge on any atom is 0.147 e. The first kappa shape index (κ1) is 13.6. The number of piperazine rings is 1. The minimum absolute atomic E-state index is 0.250. The number of unbranched alkanes of at least 4 members (excludes halogenated alkanes) is 1. The second-order valence-corrected chi connectivity index (χ2v) is 4.97. The molecule has 0 spiro atoms. The zero-order valence-electron chi connectivity index (χ0n) is 10.5. The van der Waals surface area contributed by atoms with E-state index in [1.807, 2.05) is 12.3 Å². The molecule has 5 heteroatoms. The SMILES string of the molecule is OCCCCc1cnc(N2CCNCC2)c(Cl)c1. The van der Waals surface area contributed by atoms with Crippen molar-refractivity contribution < 1.29 is 5.11 Å². The van der Waals surface area contributed by atoms with E-state index in [0.717, 1.165) is 61.8 Å². The number of nitrogens with zero attached hydrogens (tertiary/aromatic N) is 2. The third-order valence-corrected chi connectivity index (χ3v) is 3.45. The molecule has 0 bridgehead atoms. The molecule has 0 atom stereocenters. The summed E-state index contributed by atoms with van der Waals surface area (Å²) in [5.74, 6) is 0.893.